The molecule has 1 atom stereocenters. The summed E-state index contributed by atoms with van der Waals surface area (Å²) in [4.78, 5) is 4.68. The van der Waals surface area contributed by atoms with Crippen molar-refractivity contribution in [2.45, 2.75) is 30.7 Å². The number of benzene rings is 2. The molecule has 0 unspecified atom stereocenters. The molecule has 0 saturated carbocycles. The zero-order valence-electron chi connectivity index (χ0n) is 17.5. The number of nitrogens with one attached hydrogen (secondary N) is 1. The van der Waals surface area contributed by atoms with Crippen molar-refractivity contribution < 1.29 is 13.2 Å². The Labute approximate surface area is 174 Å². The molecular weight excluding hydrogens is 386 g/mol. The van der Waals surface area contributed by atoms with Gasteiger partial charge in [-0.05, 0) is 74.8 Å². The van der Waals surface area contributed by atoms with Crippen LogP contribution >= 0.6 is 0 Å². The molecule has 1 N–H and O–H groups in total. The van der Waals surface area contributed by atoms with E-state index in [0.29, 0.717) is 18.9 Å². The number of ether oxygens (including phenoxy) is 1. The van der Waals surface area contributed by atoms with Crippen LogP contribution < -0.4 is 14.4 Å². The van der Waals surface area contributed by atoms with Gasteiger partial charge < -0.3 is 9.64 Å². The summed E-state index contributed by atoms with van der Waals surface area (Å²) >= 11 is 0. The van der Waals surface area contributed by atoms with Crippen LogP contribution in [-0.2, 0) is 10.0 Å². The van der Waals surface area contributed by atoms with E-state index >= 15 is 0 Å². The average molecular weight is 418 g/mol. The van der Waals surface area contributed by atoms with Crippen LogP contribution in [0.15, 0.2) is 53.4 Å². The van der Waals surface area contributed by atoms with Crippen molar-refractivity contribution in [1.29, 1.82) is 0 Å². The van der Waals surface area contributed by atoms with Crippen molar-refractivity contribution in [3.8, 4) is 5.75 Å². The second-order valence-electron chi connectivity index (χ2n) is 7.50. The maximum absolute atomic E-state index is 12.8. The molecule has 7 heteroatoms. The topological polar surface area (TPSA) is 61.9 Å². The highest BCUT2D eigenvalue weighted by Crippen LogP contribution is 2.27. The molecule has 1 saturated heterocycles. The van der Waals surface area contributed by atoms with E-state index in [-0.39, 0.29) is 10.9 Å². The summed E-state index contributed by atoms with van der Waals surface area (Å²) in [5, 5.41) is 0. The fourth-order valence-electron chi connectivity index (χ4n) is 3.66. The third-order valence-electron chi connectivity index (χ3n) is 5.29. The molecule has 1 fully saturated rings. The highest BCUT2D eigenvalue weighted by Gasteiger charge is 2.25. The van der Waals surface area contributed by atoms with Crippen LogP contribution in [0.4, 0.5) is 5.69 Å². The van der Waals surface area contributed by atoms with Gasteiger partial charge in [0.05, 0.1) is 11.5 Å². The van der Waals surface area contributed by atoms with Crippen LogP contribution in [0.3, 0.4) is 0 Å². The van der Waals surface area contributed by atoms with E-state index in [0.717, 1.165) is 37.2 Å². The molecule has 0 aromatic heterocycles. The van der Waals surface area contributed by atoms with Gasteiger partial charge in [0.2, 0.25) is 10.0 Å². The Kier molecular flexibility index (Phi) is 7.16. The molecule has 0 bridgehead atoms. The Balaban J connectivity index is 1.75. The monoisotopic (exact) mass is 417 g/mol. The molecule has 1 aliphatic rings. The van der Waals surface area contributed by atoms with Crippen molar-refractivity contribution in [2.75, 3.05) is 45.2 Å². The highest BCUT2D eigenvalue weighted by molar-refractivity contribution is 7.89. The van der Waals surface area contributed by atoms with Crippen LogP contribution in [0.5, 0.6) is 5.75 Å². The van der Waals surface area contributed by atoms with Gasteiger partial charge in [-0.15, -0.1) is 0 Å². The molecule has 0 spiro atoms. The Bertz CT molecular complexity index is 875. The van der Waals surface area contributed by atoms with E-state index in [9.17, 15) is 8.42 Å². The van der Waals surface area contributed by atoms with Crippen LogP contribution in [-0.4, -0.2) is 53.7 Å². The summed E-state index contributed by atoms with van der Waals surface area (Å²) in [6.07, 6.45) is 2.30. The van der Waals surface area contributed by atoms with Crippen LogP contribution in [0.1, 0.15) is 31.4 Å². The average Bonchev–Trinajstić information content (AvgIpc) is 3.24. The molecule has 1 heterocycles. The molecule has 29 heavy (non-hydrogen) atoms. The summed E-state index contributed by atoms with van der Waals surface area (Å²) in [5.41, 5.74) is 2.26. The Morgan fingerprint density at radius 3 is 2.21 bits per heavy atom. The van der Waals surface area contributed by atoms with E-state index in [1.165, 1.54) is 0 Å². The van der Waals surface area contributed by atoms with Gasteiger partial charge in [0.25, 0.3) is 0 Å². The smallest absolute Gasteiger partial charge is 0.240 e. The molecular formula is C22H31N3O3S. The van der Waals surface area contributed by atoms with Crippen molar-refractivity contribution in [2.24, 2.45) is 0 Å². The van der Waals surface area contributed by atoms with Crippen molar-refractivity contribution in [3.05, 3.63) is 54.1 Å². The first-order valence-electron chi connectivity index (χ1n) is 10.1. The summed E-state index contributed by atoms with van der Waals surface area (Å²) in [7, 11) is 0.437. The number of anilines is 1. The van der Waals surface area contributed by atoms with E-state index in [1.807, 2.05) is 21.0 Å². The van der Waals surface area contributed by atoms with Gasteiger partial charge in [0.15, 0.2) is 0 Å². The lowest BCUT2D eigenvalue weighted by atomic mass is 10.1. The largest absolute Gasteiger partial charge is 0.494 e. The molecule has 2 aromatic rings. The third-order valence-corrected chi connectivity index (χ3v) is 6.73. The summed E-state index contributed by atoms with van der Waals surface area (Å²) in [5.74, 6) is 0.669. The Morgan fingerprint density at radius 1 is 1.03 bits per heavy atom. The van der Waals surface area contributed by atoms with Crippen molar-refractivity contribution in [3.63, 3.8) is 0 Å². The lowest BCUT2D eigenvalue weighted by Gasteiger charge is -2.28. The molecule has 2 aromatic carbocycles. The first-order chi connectivity index (χ1) is 13.9. The second-order valence-corrected chi connectivity index (χ2v) is 9.27. The maximum atomic E-state index is 12.8. The van der Waals surface area contributed by atoms with E-state index in [1.54, 1.807) is 24.3 Å². The zero-order chi connectivity index (χ0) is 20.9. The SMILES string of the molecule is CCOc1ccc(S(=O)(=O)NC[C@H](c2ccc(N(C)C)cc2)N2CCCC2)cc1. The predicted molar refractivity (Wildman–Crippen MR) is 117 cm³/mol. The van der Waals surface area contributed by atoms with Crippen molar-refractivity contribution in [1.82, 2.24) is 9.62 Å². The maximum Gasteiger partial charge on any atom is 0.240 e. The summed E-state index contributed by atoms with van der Waals surface area (Å²) in [6, 6.07) is 14.9. The first kappa shape index (κ1) is 21.6. The molecule has 6 nitrogen and oxygen atoms in total. The van der Waals surface area contributed by atoms with Gasteiger partial charge in [-0.25, -0.2) is 13.1 Å². The lowest BCUT2D eigenvalue weighted by Crippen LogP contribution is -2.36. The van der Waals surface area contributed by atoms with Gasteiger partial charge in [-0.3, -0.25) is 4.90 Å². The highest BCUT2D eigenvalue weighted by atomic mass is 32.2. The van der Waals surface area contributed by atoms with E-state index in [2.05, 4.69) is 38.8 Å². The second kappa shape index (κ2) is 9.61. The fourth-order valence-corrected chi connectivity index (χ4v) is 4.70. The zero-order valence-corrected chi connectivity index (χ0v) is 18.3. The van der Waals surface area contributed by atoms with Crippen LogP contribution in [0, 0.1) is 0 Å². The van der Waals surface area contributed by atoms with E-state index < -0.39 is 10.0 Å². The molecule has 158 valence electrons. The quantitative estimate of drug-likeness (QED) is 0.679. The normalized spacial score (nSPS) is 16.0. The number of sulfonamides is 1. The number of nitrogens with zero attached hydrogens (tertiary/aromatic N) is 2. The summed E-state index contributed by atoms with van der Waals surface area (Å²) in [6.45, 7) is 4.77. The number of likely N-dealkylation sites (tertiary alicyclic amines) is 1. The van der Waals surface area contributed by atoms with Gasteiger partial charge in [-0.1, -0.05) is 12.1 Å². The molecule has 3 rings (SSSR count). The number of hydrogen-bond acceptors (Lipinski definition) is 5. The molecule has 0 aliphatic carbocycles. The van der Waals surface area contributed by atoms with Crippen LogP contribution in [0.25, 0.3) is 0 Å². The minimum Gasteiger partial charge on any atom is -0.494 e. The van der Waals surface area contributed by atoms with Gasteiger partial charge >= 0.3 is 0 Å². The molecule has 0 radical (unpaired) electrons. The summed E-state index contributed by atoms with van der Waals surface area (Å²) < 4.78 is 33.9. The number of hydrogen-bond donors (Lipinski definition) is 1. The van der Waals surface area contributed by atoms with Gasteiger partial charge in [-0.2, -0.15) is 0 Å². The molecule has 1 aliphatic heterocycles. The lowest BCUT2D eigenvalue weighted by molar-refractivity contribution is 0.246. The third kappa shape index (κ3) is 5.50. The molecule has 0 amide bonds. The van der Waals surface area contributed by atoms with Gasteiger partial charge in [0.1, 0.15) is 5.75 Å². The fraction of sp³-hybridized carbons (Fsp3) is 0.455. The standard InChI is InChI=1S/C22H31N3O3S/c1-4-28-20-11-13-21(14-12-20)29(26,27)23-17-22(25-15-5-6-16-25)18-7-9-19(10-8-18)24(2)3/h7-14,22-23H,4-6,15-17H2,1-3H3/t22-/m1/s1. The Morgan fingerprint density at radius 2 is 1.66 bits per heavy atom. The van der Waals surface area contributed by atoms with E-state index in [4.69, 9.17) is 4.74 Å². The van der Waals surface area contributed by atoms with Crippen LogP contribution in [0.2, 0.25) is 0 Å². The Hall–Kier alpha value is -2.09. The van der Waals surface area contributed by atoms with Gasteiger partial charge in [0, 0.05) is 32.4 Å². The van der Waals surface area contributed by atoms with Crippen molar-refractivity contribution >= 4 is 15.7 Å². The minimum absolute atomic E-state index is 0.0196. The predicted octanol–water partition coefficient (Wildman–Crippen LogP) is 3.27. The first-order valence-corrected chi connectivity index (χ1v) is 11.6. The minimum atomic E-state index is -3.59. The number of rotatable bonds is 9.